The average Bonchev–Trinajstić information content (AvgIpc) is 2.55. The zero-order valence-corrected chi connectivity index (χ0v) is 13.0. The van der Waals surface area contributed by atoms with Crippen molar-refractivity contribution in [3.63, 3.8) is 0 Å². The van der Waals surface area contributed by atoms with E-state index < -0.39 is 5.60 Å². The van der Waals surface area contributed by atoms with Gasteiger partial charge in [-0.15, -0.1) is 0 Å². The van der Waals surface area contributed by atoms with E-state index in [2.05, 4.69) is 26.9 Å². The fourth-order valence-corrected chi connectivity index (χ4v) is 2.71. The van der Waals surface area contributed by atoms with Crippen LogP contribution in [0.2, 0.25) is 0 Å². The van der Waals surface area contributed by atoms with Crippen LogP contribution in [0.1, 0.15) is 27.2 Å². The van der Waals surface area contributed by atoms with Gasteiger partial charge in [0.1, 0.15) is 0 Å². The quantitative estimate of drug-likeness (QED) is 0.850. The largest absolute Gasteiger partial charge is 0.389 e. The maximum atomic E-state index is 9.87. The molecule has 0 saturated carbocycles. The molecular formula is C16H27N3O. The van der Waals surface area contributed by atoms with Gasteiger partial charge in [0.05, 0.1) is 5.60 Å². The second-order valence-corrected chi connectivity index (χ2v) is 6.51. The molecule has 0 radical (unpaired) electrons. The highest BCUT2D eigenvalue weighted by Gasteiger charge is 2.22. The third-order valence-electron chi connectivity index (χ3n) is 3.71. The summed E-state index contributed by atoms with van der Waals surface area (Å²) >= 11 is 0. The number of hydrogen-bond donors (Lipinski definition) is 1. The third-order valence-corrected chi connectivity index (χ3v) is 3.71. The topological polar surface area (TPSA) is 39.1 Å². The first-order valence-corrected chi connectivity index (χ1v) is 7.48. The highest BCUT2D eigenvalue weighted by atomic mass is 16.3. The van der Waals surface area contributed by atoms with E-state index >= 15 is 0 Å². The molecule has 0 atom stereocenters. The summed E-state index contributed by atoms with van der Waals surface area (Å²) in [7, 11) is 0. The number of β-amino-alcohol motifs (C(OH)–C–C–N with tert-alkyl or cyclic N) is 1. The fourth-order valence-electron chi connectivity index (χ4n) is 2.71. The number of aliphatic hydroxyl groups is 1. The summed E-state index contributed by atoms with van der Waals surface area (Å²) in [6.45, 7) is 11.8. The van der Waals surface area contributed by atoms with Crippen molar-refractivity contribution < 1.29 is 5.11 Å². The summed E-state index contributed by atoms with van der Waals surface area (Å²) in [4.78, 5) is 9.19. The lowest BCUT2D eigenvalue weighted by atomic mass is 10.1. The highest BCUT2D eigenvalue weighted by molar-refractivity contribution is 5.64. The molecule has 0 aromatic rings. The number of aliphatic imine (C=N–C) groups is 1. The molecule has 2 rings (SSSR count). The van der Waals surface area contributed by atoms with Crippen molar-refractivity contribution in [2.45, 2.75) is 32.8 Å². The Hall–Kier alpha value is -0.970. The summed E-state index contributed by atoms with van der Waals surface area (Å²) in [5, 5.41) is 9.87. The Balaban J connectivity index is 1.79. The summed E-state index contributed by atoms with van der Waals surface area (Å²) in [6.07, 6.45) is 7.28. The minimum atomic E-state index is -0.592. The number of rotatable bonds is 4. The average molecular weight is 277 g/mol. The van der Waals surface area contributed by atoms with Crippen molar-refractivity contribution in [2.24, 2.45) is 4.99 Å². The summed E-state index contributed by atoms with van der Waals surface area (Å²) in [5.41, 5.74) is 1.92. The SMILES string of the molecule is CC1=CC=C(CN2CCN(CC(C)(C)O)CC2)CC=N1. The molecule has 2 aliphatic heterocycles. The Labute approximate surface area is 122 Å². The molecular weight excluding hydrogens is 250 g/mol. The second-order valence-electron chi connectivity index (χ2n) is 6.51. The van der Waals surface area contributed by atoms with Crippen LogP contribution in [0, 0.1) is 0 Å². The number of allylic oxidation sites excluding steroid dienone is 3. The van der Waals surface area contributed by atoms with Gasteiger partial charge in [-0.2, -0.15) is 0 Å². The Morgan fingerprint density at radius 1 is 1.15 bits per heavy atom. The van der Waals surface area contributed by atoms with E-state index in [0.717, 1.165) is 51.4 Å². The van der Waals surface area contributed by atoms with Gasteiger partial charge in [0, 0.05) is 57.6 Å². The third kappa shape index (κ3) is 5.19. The predicted octanol–water partition coefficient (Wildman–Crippen LogP) is 1.68. The van der Waals surface area contributed by atoms with E-state index in [0.29, 0.717) is 0 Å². The maximum Gasteiger partial charge on any atom is 0.0718 e. The molecule has 20 heavy (non-hydrogen) atoms. The van der Waals surface area contributed by atoms with Gasteiger partial charge < -0.3 is 5.11 Å². The maximum absolute atomic E-state index is 9.87. The molecule has 2 heterocycles. The first kappa shape index (κ1) is 15.4. The van der Waals surface area contributed by atoms with Crippen molar-refractivity contribution in [3.8, 4) is 0 Å². The van der Waals surface area contributed by atoms with Crippen LogP contribution in [0.3, 0.4) is 0 Å². The van der Waals surface area contributed by atoms with E-state index in [1.54, 1.807) is 0 Å². The zero-order chi connectivity index (χ0) is 14.6. The smallest absolute Gasteiger partial charge is 0.0718 e. The summed E-state index contributed by atoms with van der Waals surface area (Å²) in [5.74, 6) is 0. The minimum Gasteiger partial charge on any atom is -0.389 e. The van der Waals surface area contributed by atoms with Gasteiger partial charge in [0.25, 0.3) is 0 Å². The molecule has 0 bridgehead atoms. The van der Waals surface area contributed by atoms with Crippen molar-refractivity contribution >= 4 is 6.21 Å². The first-order chi connectivity index (χ1) is 9.42. The minimum absolute atomic E-state index is 0.592. The van der Waals surface area contributed by atoms with Crippen LogP contribution in [-0.4, -0.2) is 66.0 Å². The van der Waals surface area contributed by atoms with E-state index in [1.165, 1.54) is 5.57 Å². The van der Waals surface area contributed by atoms with Gasteiger partial charge in [-0.25, -0.2) is 0 Å². The molecule has 1 N–H and O–H groups in total. The van der Waals surface area contributed by atoms with E-state index in [1.807, 2.05) is 27.0 Å². The molecule has 112 valence electrons. The Morgan fingerprint density at radius 3 is 2.45 bits per heavy atom. The van der Waals surface area contributed by atoms with Crippen molar-refractivity contribution in [1.29, 1.82) is 0 Å². The molecule has 0 aliphatic carbocycles. The lowest BCUT2D eigenvalue weighted by Crippen LogP contribution is -2.50. The van der Waals surface area contributed by atoms with Crippen LogP contribution in [0.4, 0.5) is 0 Å². The summed E-state index contributed by atoms with van der Waals surface area (Å²) in [6, 6.07) is 0. The molecule has 1 saturated heterocycles. The first-order valence-electron chi connectivity index (χ1n) is 7.48. The van der Waals surface area contributed by atoms with E-state index in [9.17, 15) is 5.11 Å². The van der Waals surface area contributed by atoms with Crippen LogP contribution in [0.5, 0.6) is 0 Å². The molecule has 0 spiro atoms. The van der Waals surface area contributed by atoms with Gasteiger partial charge in [-0.1, -0.05) is 11.6 Å². The molecule has 4 heteroatoms. The number of piperazine rings is 1. The molecule has 1 fully saturated rings. The fraction of sp³-hybridized carbons (Fsp3) is 0.688. The van der Waals surface area contributed by atoms with Crippen LogP contribution in [-0.2, 0) is 0 Å². The Kier molecular flexibility index (Phi) is 5.13. The van der Waals surface area contributed by atoms with Gasteiger partial charge in [-0.3, -0.25) is 14.8 Å². The molecule has 0 amide bonds. The lowest BCUT2D eigenvalue weighted by Gasteiger charge is -2.37. The molecule has 4 nitrogen and oxygen atoms in total. The molecule has 0 aromatic heterocycles. The monoisotopic (exact) mass is 277 g/mol. The van der Waals surface area contributed by atoms with Crippen LogP contribution in [0.25, 0.3) is 0 Å². The second kappa shape index (κ2) is 6.66. The van der Waals surface area contributed by atoms with Crippen molar-refractivity contribution in [2.75, 3.05) is 39.3 Å². The van der Waals surface area contributed by atoms with Crippen LogP contribution >= 0.6 is 0 Å². The Bertz CT molecular complexity index is 410. The Morgan fingerprint density at radius 2 is 1.80 bits per heavy atom. The van der Waals surface area contributed by atoms with Gasteiger partial charge in [0.2, 0.25) is 0 Å². The molecule has 0 aromatic carbocycles. The van der Waals surface area contributed by atoms with Crippen molar-refractivity contribution in [3.05, 3.63) is 23.4 Å². The summed E-state index contributed by atoms with van der Waals surface area (Å²) < 4.78 is 0. The number of hydrogen-bond acceptors (Lipinski definition) is 4. The van der Waals surface area contributed by atoms with Gasteiger partial charge in [0.15, 0.2) is 0 Å². The standard InChI is InChI=1S/C16H27N3O/c1-14-4-5-15(6-7-17-14)12-18-8-10-19(11-9-18)13-16(2,3)20/h4-5,7,20H,6,8-13H2,1-3H3. The van der Waals surface area contributed by atoms with Crippen LogP contribution in [0.15, 0.2) is 28.4 Å². The van der Waals surface area contributed by atoms with Crippen molar-refractivity contribution in [1.82, 2.24) is 9.80 Å². The highest BCUT2D eigenvalue weighted by Crippen LogP contribution is 2.13. The predicted molar refractivity (Wildman–Crippen MR) is 84.1 cm³/mol. The van der Waals surface area contributed by atoms with Crippen LogP contribution < -0.4 is 0 Å². The van der Waals surface area contributed by atoms with Gasteiger partial charge >= 0.3 is 0 Å². The normalized spacial score (nSPS) is 22.4. The molecule has 0 unspecified atom stereocenters. The zero-order valence-electron chi connectivity index (χ0n) is 13.0. The van der Waals surface area contributed by atoms with Gasteiger partial charge in [-0.05, 0) is 26.8 Å². The van der Waals surface area contributed by atoms with E-state index in [-0.39, 0.29) is 0 Å². The number of nitrogens with zero attached hydrogens (tertiary/aromatic N) is 3. The molecule has 2 aliphatic rings. The van der Waals surface area contributed by atoms with E-state index in [4.69, 9.17) is 0 Å². The lowest BCUT2D eigenvalue weighted by molar-refractivity contribution is 0.0189.